The molecule has 8 heteroatoms. The highest BCUT2D eigenvalue weighted by Crippen LogP contribution is 2.25. The molecule has 4 rings (SSSR count). The van der Waals surface area contributed by atoms with Crippen molar-refractivity contribution < 1.29 is 28.5 Å². The summed E-state index contributed by atoms with van der Waals surface area (Å²) in [6.45, 7) is 3.74. The van der Waals surface area contributed by atoms with Crippen LogP contribution >= 0.6 is 0 Å². The second-order valence-corrected chi connectivity index (χ2v) is 9.14. The van der Waals surface area contributed by atoms with Gasteiger partial charge in [-0.05, 0) is 67.8 Å². The van der Waals surface area contributed by atoms with E-state index in [1.807, 2.05) is 55.5 Å². The molecule has 8 nitrogen and oxygen atoms in total. The number of hydrogen-bond donors (Lipinski definition) is 2. The number of methoxy groups -OCH3 is 1. The third-order valence-corrected chi connectivity index (χ3v) is 6.19. The van der Waals surface area contributed by atoms with E-state index in [0.29, 0.717) is 49.2 Å². The molecule has 0 radical (unpaired) electrons. The van der Waals surface area contributed by atoms with E-state index in [-0.39, 0.29) is 23.6 Å². The maximum Gasteiger partial charge on any atom is 0.267 e. The van der Waals surface area contributed by atoms with E-state index in [4.69, 9.17) is 18.9 Å². The summed E-state index contributed by atoms with van der Waals surface area (Å²) in [6, 6.07) is 21.9. The molecule has 1 fully saturated rings. The van der Waals surface area contributed by atoms with Crippen molar-refractivity contribution in [2.75, 3.05) is 33.5 Å². The summed E-state index contributed by atoms with van der Waals surface area (Å²) in [4.78, 5) is 25.9. The molecule has 2 N–H and O–H groups in total. The Balaban J connectivity index is 1.38. The summed E-state index contributed by atoms with van der Waals surface area (Å²) >= 11 is 0. The number of benzene rings is 3. The van der Waals surface area contributed by atoms with Gasteiger partial charge in [-0.1, -0.05) is 42.0 Å². The minimum Gasteiger partial charge on any atom is -0.493 e. The SMILES string of the molecule is COc1ccccc1OCCOc1ccc(/C=C(\NC(=O)c2ccc(C)cc2)C(=O)NC[C@@H]2CCCO2)cc1. The standard InChI is InChI=1S/C31H34N2O6/c1-22-9-13-24(14-10-22)30(34)33-27(31(35)32-21-26-6-5-17-37-26)20-23-11-15-25(16-12-23)38-18-19-39-29-8-4-3-7-28(29)36-2/h3-4,7-16,20,26H,5-6,17-19,21H2,1-2H3,(H,32,35)(H,33,34)/b27-20-/t26-/m0/s1. The van der Waals surface area contributed by atoms with Gasteiger partial charge in [0.1, 0.15) is 24.7 Å². The van der Waals surface area contributed by atoms with Crippen LogP contribution in [0.15, 0.2) is 78.5 Å². The van der Waals surface area contributed by atoms with Crippen LogP contribution in [0.5, 0.6) is 17.2 Å². The van der Waals surface area contributed by atoms with Gasteiger partial charge in [-0.3, -0.25) is 9.59 Å². The zero-order chi connectivity index (χ0) is 27.5. The molecule has 0 spiro atoms. The second-order valence-electron chi connectivity index (χ2n) is 9.14. The molecule has 0 bridgehead atoms. The largest absolute Gasteiger partial charge is 0.493 e. The lowest BCUT2D eigenvalue weighted by Crippen LogP contribution is -2.38. The number of hydrogen-bond acceptors (Lipinski definition) is 6. The lowest BCUT2D eigenvalue weighted by molar-refractivity contribution is -0.118. The van der Waals surface area contributed by atoms with Crippen LogP contribution in [0.2, 0.25) is 0 Å². The molecular weight excluding hydrogens is 496 g/mol. The van der Waals surface area contributed by atoms with Crippen LogP contribution in [0.3, 0.4) is 0 Å². The normalized spacial score (nSPS) is 14.9. The maximum atomic E-state index is 13.0. The monoisotopic (exact) mass is 530 g/mol. The van der Waals surface area contributed by atoms with Crippen molar-refractivity contribution in [3.63, 3.8) is 0 Å². The molecule has 3 aromatic rings. The average molecular weight is 531 g/mol. The van der Waals surface area contributed by atoms with Crippen LogP contribution in [0.1, 0.15) is 34.3 Å². The molecule has 1 atom stereocenters. The molecule has 204 valence electrons. The van der Waals surface area contributed by atoms with E-state index >= 15 is 0 Å². The predicted octanol–water partition coefficient (Wildman–Crippen LogP) is 4.53. The summed E-state index contributed by atoms with van der Waals surface area (Å²) in [5, 5.41) is 5.65. The fraction of sp³-hybridized carbons (Fsp3) is 0.290. The number of para-hydroxylation sites is 2. The van der Waals surface area contributed by atoms with Crippen LogP contribution in [-0.4, -0.2) is 51.4 Å². The van der Waals surface area contributed by atoms with Crippen LogP contribution in [0.25, 0.3) is 6.08 Å². The van der Waals surface area contributed by atoms with E-state index in [1.54, 1.807) is 37.5 Å². The first-order valence-corrected chi connectivity index (χ1v) is 13.0. The Kier molecular flexibility index (Phi) is 9.97. The summed E-state index contributed by atoms with van der Waals surface area (Å²) in [6.07, 6.45) is 3.52. The van der Waals surface area contributed by atoms with Gasteiger partial charge in [-0.15, -0.1) is 0 Å². The van der Waals surface area contributed by atoms with E-state index < -0.39 is 0 Å². The minimum absolute atomic E-state index is 0.00797. The molecule has 0 unspecified atom stereocenters. The Morgan fingerprint density at radius 1 is 0.949 bits per heavy atom. The molecule has 0 aliphatic carbocycles. The molecule has 0 aromatic heterocycles. The summed E-state index contributed by atoms with van der Waals surface area (Å²) in [5.74, 6) is 1.24. The van der Waals surface area contributed by atoms with Crippen molar-refractivity contribution in [1.29, 1.82) is 0 Å². The van der Waals surface area contributed by atoms with Crippen molar-refractivity contribution in [3.8, 4) is 17.2 Å². The first-order valence-electron chi connectivity index (χ1n) is 13.0. The van der Waals surface area contributed by atoms with Crippen molar-refractivity contribution in [3.05, 3.63) is 95.2 Å². The molecular formula is C31H34N2O6. The van der Waals surface area contributed by atoms with E-state index in [1.165, 1.54) is 0 Å². The van der Waals surface area contributed by atoms with Gasteiger partial charge >= 0.3 is 0 Å². The molecule has 3 aromatic carbocycles. The zero-order valence-corrected chi connectivity index (χ0v) is 22.3. The second kappa shape index (κ2) is 14.0. The molecule has 1 aliphatic rings. The van der Waals surface area contributed by atoms with Crippen molar-refractivity contribution >= 4 is 17.9 Å². The van der Waals surface area contributed by atoms with Crippen molar-refractivity contribution in [1.82, 2.24) is 10.6 Å². The molecule has 39 heavy (non-hydrogen) atoms. The Labute approximate surface area is 228 Å². The fourth-order valence-corrected chi connectivity index (χ4v) is 4.04. The highest BCUT2D eigenvalue weighted by Gasteiger charge is 2.19. The highest BCUT2D eigenvalue weighted by molar-refractivity contribution is 6.05. The predicted molar refractivity (Wildman–Crippen MR) is 149 cm³/mol. The van der Waals surface area contributed by atoms with Gasteiger partial charge in [0, 0.05) is 18.7 Å². The number of ether oxygens (including phenoxy) is 4. The Hall–Kier alpha value is -4.30. The van der Waals surface area contributed by atoms with Gasteiger partial charge in [0.15, 0.2) is 11.5 Å². The average Bonchev–Trinajstić information content (AvgIpc) is 3.49. The summed E-state index contributed by atoms with van der Waals surface area (Å²) < 4.78 is 22.4. The van der Waals surface area contributed by atoms with Crippen LogP contribution in [0, 0.1) is 6.92 Å². The van der Waals surface area contributed by atoms with Crippen molar-refractivity contribution in [2.24, 2.45) is 0 Å². The van der Waals surface area contributed by atoms with Gasteiger partial charge < -0.3 is 29.6 Å². The number of rotatable bonds is 12. The van der Waals surface area contributed by atoms with Gasteiger partial charge in [-0.25, -0.2) is 0 Å². The Morgan fingerprint density at radius 3 is 2.36 bits per heavy atom. The topological polar surface area (TPSA) is 95.1 Å². The zero-order valence-electron chi connectivity index (χ0n) is 22.3. The first-order chi connectivity index (χ1) is 19.0. The summed E-state index contributed by atoms with van der Waals surface area (Å²) in [5.41, 5.74) is 2.40. The molecule has 2 amide bonds. The third-order valence-electron chi connectivity index (χ3n) is 6.19. The van der Waals surface area contributed by atoms with Crippen LogP contribution < -0.4 is 24.8 Å². The van der Waals surface area contributed by atoms with Crippen LogP contribution in [0.4, 0.5) is 0 Å². The number of carbonyl (C=O) groups excluding carboxylic acids is 2. The Morgan fingerprint density at radius 2 is 1.67 bits per heavy atom. The quantitative estimate of drug-likeness (QED) is 0.264. The van der Waals surface area contributed by atoms with Gasteiger partial charge in [0.25, 0.3) is 11.8 Å². The van der Waals surface area contributed by atoms with Gasteiger partial charge in [0.05, 0.1) is 13.2 Å². The lowest BCUT2D eigenvalue weighted by atomic mass is 10.1. The lowest BCUT2D eigenvalue weighted by Gasteiger charge is -2.14. The third kappa shape index (κ3) is 8.35. The maximum absolute atomic E-state index is 13.0. The van der Waals surface area contributed by atoms with Crippen LogP contribution in [-0.2, 0) is 9.53 Å². The van der Waals surface area contributed by atoms with Gasteiger partial charge in [0.2, 0.25) is 0 Å². The Bertz CT molecular complexity index is 1260. The smallest absolute Gasteiger partial charge is 0.267 e. The van der Waals surface area contributed by atoms with Crippen molar-refractivity contribution in [2.45, 2.75) is 25.9 Å². The molecule has 1 heterocycles. The van der Waals surface area contributed by atoms with E-state index in [0.717, 1.165) is 24.0 Å². The molecule has 1 saturated heterocycles. The van der Waals surface area contributed by atoms with E-state index in [9.17, 15) is 9.59 Å². The minimum atomic E-state index is -0.375. The number of amides is 2. The fourth-order valence-electron chi connectivity index (χ4n) is 4.04. The highest BCUT2D eigenvalue weighted by atomic mass is 16.5. The molecule has 1 aliphatic heterocycles. The number of carbonyl (C=O) groups is 2. The number of nitrogens with one attached hydrogen (secondary N) is 2. The first kappa shape index (κ1) is 27.7. The number of aryl methyl sites for hydroxylation is 1. The summed E-state index contributed by atoms with van der Waals surface area (Å²) in [7, 11) is 1.60. The molecule has 0 saturated carbocycles. The van der Waals surface area contributed by atoms with E-state index in [2.05, 4.69) is 10.6 Å². The van der Waals surface area contributed by atoms with Gasteiger partial charge in [-0.2, -0.15) is 0 Å².